The number of rotatable bonds is 4. The second-order valence-electron chi connectivity index (χ2n) is 6.42. The number of carbonyl (C=O) groups excluding carboxylic acids is 2. The van der Waals surface area contributed by atoms with E-state index in [0.717, 1.165) is 18.4 Å². The highest BCUT2D eigenvalue weighted by Gasteiger charge is 2.17. The van der Waals surface area contributed by atoms with Gasteiger partial charge < -0.3 is 15.4 Å². The molecule has 1 fully saturated rings. The highest BCUT2D eigenvalue weighted by Crippen LogP contribution is 2.28. The van der Waals surface area contributed by atoms with Crippen molar-refractivity contribution in [2.24, 2.45) is 0 Å². The maximum Gasteiger partial charge on any atom is 0.262 e. The molecule has 0 bridgehead atoms. The molecule has 0 atom stereocenters. The number of hydrogen-bond acceptors (Lipinski definition) is 3. The van der Waals surface area contributed by atoms with Crippen LogP contribution in [0, 0.1) is 0 Å². The molecule has 0 radical (unpaired) electrons. The van der Waals surface area contributed by atoms with Crippen molar-refractivity contribution in [3.8, 4) is 5.75 Å². The highest BCUT2D eigenvalue weighted by atomic mass is 16.5. The minimum atomic E-state index is -0.138. The van der Waals surface area contributed by atoms with Gasteiger partial charge >= 0.3 is 0 Å². The van der Waals surface area contributed by atoms with E-state index in [1.165, 1.54) is 25.7 Å². The van der Waals surface area contributed by atoms with Crippen LogP contribution in [0.4, 0.5) is 5.69 Å². The molecule has 1 aliphatic carbocycles. The van der Waals surface area contributed by atoms with Gasteiger partial charge in [-0.2, -0.15) is 0 Å². The Balaban J connectivity index is 1.50. The third kappa shape index (κ3) is 4.47. The van der Waals surface area contributed by atoms with Crippen molar-refractivity contribution < 1.29 is 14.3 Å². The third-order valence-electron chi connectivity index (χ3n) is 4.54. The molecule has 1 aromatic rings. The van der Waals surface area contributed by atoms with Crippen molar-refractivity contribution >= 4 is 17.5 Å². The first-order valence-corrected chi connectivity index (χ1v) is 8.55. The lowest BCUT2D eigenvalue weighted by Crippen LogP contribution is -2.34. The fourth-order valence-corrected chi connectivity index (χ4v) is 3.27. The van der Waals surface area contributed by atoms with Crippen molar-refractivity contribution in [3.63, 3.8) is 0 Å². The number of nitrogens with one attached hydrogen (secondary N) is 2. The number of amides is 2. The first kappa shape index (κ1) is 15.8. The second-order valence-corrected chi connectivity index (χ2v) is 6.42. The zero-order chi connectivity index (χ0) is 16.1. The van der Waals surface area contributed by atoms with Gasteiger partial charge in [-0.25, -0.2) is 0 Å². The van der Waals surface area contributed by atoms with Gasteiger partial charge in [0.1, 0.15) is 5.75 Å². The Labute approximate surface area is 136 Å². The largest absolute Gasteiger partial charge is 0.482 e. The van der Waals surface area contributed by atoms with Crippen LogP contribution >= 0.6 is 0 Å². The van der Waals surface area contributed by atoms with Crippen molar-refractivity contribution in [2.45, 2.75) is 57.4 Å². The molecule has 0 aromatic heterocycles. The highest BCUT2D eigenvalue weighted by molar-refractivity contribution is 5.95. The van der Waals surface area contributed by atoms with Crippen LogP contribution in [-0.4, -0.2) is 24.5 Å². The molecule has 1 saturated carbocycles. The van der Waals surface area contributed by atoms with Crippen molar-refractivity contribution in [1.29, 1.82) is 0 Å². The molecule has 2 aliphatic rings. The second kappa shape index (κ2) is 7.49. The van der Waals surface area contributed by atoms with Gasteiger partial charge in [0.2, 0.25) is 5.91 Å². The molecule has 0 unspecified atom stereocenters. The van der Waals surface area contributed by atoms with Gasteiger partial charge in [-0.3, -0.25) is 9.59 Å². The molecule has 1 aromatic carbocycles. The summed E-state index contributed by atoms with van der Waals surface area (Å²) in [5, 5.41) is 5.96. The Morgan fingerprint density at radius 3 is 2.78 bits per heavy atom. The van der Waals surface area contributed by atoms with Crippen molar-refractivity contribution in [3.05, 3.63) is 23.8 Å². The predicted octanol–water partition coefficient (Wildman–Crippen LogP) is 2.79. The number of anilines is 1. The van der Waals surface area contributed by atoms with Crippen LogP contribution in [0.1, 0.15) is 50.5 Å². The van der Waals surface area contributed by atoms with Gasteiger partial charge in [0.15, 0.2) is 6.61 Å². The molecule has 2 amide bonds. The number of benzene rings is 1. The molecular weight excluding hydrogens is 292 g/mol. The summed E-state index contributed by atoms with van der Waals surface area (Å²) in [5.41, 5.74) is 1.73. The van der Waals surface area contributed by atoms with Crippen LogP contribution in [0.3, 0.4) is 0 Å². The van der Waals surface area contributed by atoms with E-state index >= 15 is 0 Å². The van der Waals surface area contributed by atoms with Crippen LogP contribution in [-0.2, 0) is 16.0 Å². The van der Waals surface area contributed by atoms with Crippen molar-refractivity contribution in [1.82, 2.24) is 5.32 Å². The van der Waals surface area contributed by atoms with Crippen LogP contribution < -0.4 is 15.4 Å². The monoisotopic (exact) mass is 316 g/mol. The zero-order valence-electron chi connectivity index (χ0n) is 13.4. The topological polar surface area (TPSA) is 67.4 Å². The first-order valence-electron chi connectivity index (χ1n) is 8.55. The van der Waals surface area contributed by atoms with E-state index in [9.17, 15) is 9.59 Å². The molecule has 3 rings (SSSR count). The smallest absolute Gasteiger partial charge is 0.262 e. The van der Waals surface area contributed by atoms with E-state index in [1.54, 1.807) is 0 Å². The molecule has 2 N–H and O–H groups in total. The molecule has 5 heteroatoms. The summed E-state index contributed by atoms with van der Waals surface area (Å²) in [4.78, 5) is 23.5. The number of ether oxygens (including phenoxy) is 1. The summed E-state index contributed by atoms with van der Waals surface area (Å²) in [5.74, 6) is 0.673. The third-order valence-corrected chi connectivity index (χ3v) is 4.54. The van der Waals surface area contributed by atoms with Gasteiger partial charge in [-0.1, -0.05) is 31.7 Å². The van der Waals surface area contributed by atoms with Crippen LogP contribution in [0.15, 0.2) is 18.2 Å². The molecule has 0 spiro atoms. The number of carbonyl (C=O) groups is 2. The van der Waals surface area contributed by atoms with E-state index in [4.69, 9.17) is 4.74 Å². The summed E-state index contributed by atoms with van der Waals surface area (Å²) < 4.78 is 5.34. The normalized spacial score (nSPS) is 18.3. The Kier molecular flexibility index (Phi) is 5.16. The first-order chi connectivity index (χ1) is 11.2. The fourth-order valence-electron chi connectivity index (χ4n) is 3.27. The molecule has 1 heterocycles. The van der Waals surface area contributed by atoms with Gasteiger partial charge in [0, 0.05) is 12.5 Å². The predicted molar refractivity (Wildman–Crippen MR) is 88.5 cm³/mol. The number of hydrogen-bond donors (Lipinski definition) is 2. The van der Waals surface area contributed by atoms with E-state index in [1.807, 2.05) is 18.2 Å². The van der Waals surface area contributed by atoms with E-state index in [2.05, 4.69) is 10.6 Å². The van der Waals surface area contributed by atoms with E-state index in [-0.39, 0.29) is 18.4 Å². The Hall–Kier alpha value is -2.04. The summed E-state index contributed by atoms with van der Waals surface area (Å²) >= 11 is 0. The lowest BCUT2D eigenvalue weighted by Gasteiger charge is -2.19. The Morgan fingerprint density at radius 1 is 1.22 bits per heavy atom. The molecule has 0 saturated heterocycles. The average Bonchev–Trinajstić information content (AvgIpc) is 2.81. The minimum Gasteiger partial charge on any atom is -0.482 e. The van der Waals surface area contributed by atoms with Gasteiger partial charge in [0.05, 0.1) is 5.69 Å². The number of fused-ring (bicyclic) bond motifs is 1. The van der Waals surface area contributed by atoms with E-state index < -0.39 is 0 Å². The van der Waals surface area contributed by atoms with Crippen LogP contribution in [0.25, 0.3) is 0 Å². The SMILES string of the molecule is O=C1COc2ccc(CCC(=O)NC3CCCCCC3)cc2N1. The van der Waals surface area contributed by atoms with E-state index in [0.29, 0.717) is 30.3 Å². The maximum absolute atomic E-state index is 12.1. The lowest BCUT2D eigenvalue weighted by molar-refractivity contribution is -0.122. The van der Waals surface area contributed by atoms with Crippen LogP contribution in [0.2, 0.25) is 0 Å². The summed E-state index contributed by atoms with van der Waals surface area (Å²) in [6, 6.07) is 6.05. The van der Waals surface area contributed by atoms with Crippen LogP contribution in [0.5, 0.6) is 5.75 Å². The minimum absolute atomic E-state index is 0.0656. The number of aryl methyl sites for hydroxylation is 1. The zero-order valence-corrected chi connectivity index (χ0v) is 13.4. The molecule has 1 aliphatic heterocycles. The van der Waals surface area contributed by atoms with Gasteiger partial charge in [-0.15, -0.1) is 0 Å². The van der Waals surface area contributed by atoms with Gasteiger partial charge in [0.25, 0.3) is 5.91 Å². The van der Waals surface area contributed by atoms with Crippen molar-refractivity contribution in [2.75, 3.05) is 11.9 Å². The standard InChI is InChI=1S/C18H24N2O3/c21-17(19-14-5-3-1-2-4-6-14)10-8-13-7-9-16-15(11-13)20-18(22)12-23-16/h7,9,11,14H,1-6,8,10,12H2,(H,19,21)(H,20,22). The Morgan fingerprint density at radius 2 is 2.00 bits per heavy atom. The fraction of sp³-hybridized carbons (Fsp3) is 0.556. The quantitative estimate of drug-likeness (QED) is 0.839. The maximum atomic E-state index is 12.1. The lowest BCUT2D eigenvalue weighted by atomic mass is 10.1. The Bertz CT molecular complexity index is 578. The molecular formula is C18H24N2O3. The summed E-state index contributed by atoms with van der Waals surface area (Å²) in [6.45, 7) is 0.0656. The average molecular weight is 316 g/mol. The summed E-state index contributed by atoms with van der Waals surface area (Å²) in [7, 11) is 0. The molecule has 124 valence electrons. The summed E-state index contributed by atoms with van der Waals surface area (Å²) in [6.07, 6.45) is 8.36. The molecule has 5 nitrogen and oxygen atoms in total. The van der Waals surface area contributed by atoms with Gasteiger partial charge in [-0.05, 0) is 37.0 Å². The molecule has 23 heavy (non-hydrogen) atoms.